The Morgan fingerprint density at radius 3 is 2.68 bits per heavy atom. The average molecular weight is 492 g/mol. The molecule has 2 heterocycles. The van der Waals surface area contributed by atoms with Gasteiger partial charge < -0.3 is 10.2 Å². The summed E-state index contributed by atoms with van der Waals surface area (Å²) in [5, 5.41) is 3.64. The Hall–Kier alpha value is -0.0800. The maximum atomic E-state index is 4.53. The fourth-order valence-corrected chi connectivity index (χ4v) is 5.66. The molecule has 0 aliphatic carbocycles. The highest BCUT2D eigenvalue weighted by Gasteiger charge is 2.25. The normalized spacial score (nSPS) is 21.9. The van der Waals surface area contributed by atoms with Crippen LogP contribution < -0.4 is 5.32 Å². The van der Waals surface area contributed by atoms with Crippen LogP contribution in [0.25, 0.3) is 0 Å². The van der Waals surface area contributed by atoms with E-state index in [9.17, 15) is 0 Å². The summed E-state index contributed by atoms with van der Waals surface area (Å²) >= 11 is 4.08. The average Bonchev–Trinajstić information content (AvgIpc) is 3.11. The number of benzene rings is 1. The predicted octanol–water partition coefficient (Wildman–Crippen LogP) is 4.44. The van der Waals surface area contributed by atoms with Crippen LogP contribution in [0.15, 0.2) is 40.2 Å². The Morgan fingerprint density at radius 1 is 1.20 bits per heavy atom. The molecule has 2 fully saturated rings. The number of hydrogen-bond acceptors (Lipinski definition) is 3. The van der Waals surface area contributed by atoms with Gasteiger partial charge >= 0.3 is 0 Å². The van der Waals surface area contributed by atoms with E-state index in [0.717, 1.165) is 37.4 Å². The molecule has 0 radical (unpaired) electrons. The first kappa shape index (κ1) is 21.2. The summed E-state index contributed by atoms with van der Waals surface area (Å²) in [5.74, 6) is 6.56. The zero-order valence-electron chi connectivity index (χ0n) is 15.0. The van der Waals surface area contributed by atoms with Crippen molar-refractivity contribution in [2.45, 2.75) is 24.2 Å². The predicted molar refractivity (Wildman–Crippen MR) is 124 cm³/mol. The van der Waals surface area contributed by atoms with Crippen LogP contribution in [0.1, 0.15) is 19.3 Å². The number of rotatable bonds is 5. The standard InChI is InChI=1S/C19H29N3S2.HI/c1-20-19(21-13-16-8-11-23-12-9-16)22-10-7-17(14-22)15-24-18-5-3-2-4-6-18;/h2-6,16-17H,7-15H2,1H3,(H,20,21);1H. The lowest BCUT2D eigenvalue weighted by Crippen LogP contribution is -2.42. The number of nitrogens with one attached hydrogen (secondary N) is 1. The van der Waals surface area contributed by atoms with Crippen molar-refractivity contribution in [1.29, 1.82) is 0 Å². The van der Waals surface area contributed by atoms with E-state index >= 15 is 0 Å². The van der Waals surface area contributed by atoms with E-state index in [-0.39, 0.29) is 24.0 Å². The molecule has 1 aromatic rings. The van der Waals surface area contributed by atoms with Gasteiger partial charge in [0.2, 0.25) is 0 Å². The molecule has 0 amide bonds. The van der Waals surface area contributed by atoms with Crippen LogP contribution >= 0.6 is 47.5 Å². The SMILES string of the molecule is CN=C(NCC1CCSCC1)N1CCC(CSc2ccccc2)C1.I. The maximum absolute atomic E-state index is 4.53. The second kappa shape index (κ2) is 11.6. The number of thioether (sulfide) groups is 2. The van der Waals surface area contributed by atoms with E-state index in [1.807, 2.05) is 18.8 Å². The molecule has 2 aliphatic rings. The van der Waals surface area contributed by atoms with Gasteiger partial charge in [0, 0.05) is 37.3 Å². The summed E-state index contributed by atoms with van der Waals surface area (Å²) in [6.45, 7) is 3.37. The summed E-state index contributed by atoms with van der Waals surface area (Å²) in [6.07, 6.45) is 3.98. The zero-order valence-corrected chi connectivity index (χ0v) is 19.0. The number of halogens is 1. The van der Waals surface area contributed by atoms with Gasteiger partial charge in [0.05, 0.1) is 0 Å². The molecule has 3 rings (SSSR count). The molecule has 1 atom stereocenters. The van der Waals surface area contributed by atoms with Gasteiger partial charge in [-0.25, -0.2) is 0 Å². The van der Waals surface area contributed by atoms with Crippen molar-refractivity contribution in [2.24, 2.45) is 16.8 Å². The first-order chi connectivity index (χ1) is 11.8. The zero-order chi connectivity index (χ0) is 16.6. The number of hydrogen-bond donors (Lipinski definition) is 1. The van der Waals surface area contributed by atoms with Crippen molar-refractivity contribution in [3.63, 3.8) is 0 Å². The minimum Gasteiger partial charge on any atom is -0.356 e. The Kier molecular flexibility index (Phi) is 9.84. The Morgan fingerprint density at radius 2 is 1.96 bits per heavy atom. The second-order valence-corrected chi connectivity index (χ2v) is 9.03. The van der Waals surface area contributed by atoms with Crippen LogP contribution in [0, 0.1) is 11.8 Å². The van der Waals surface area contributed by atoms with Gasteiger partial charge in [-0.05, 0) is 54.7 Å². The highest BCUT2D eigenvalue weighted by molar-refractivity contribution is 14.0. The van der Waals surface area contributed by atoms with Crippen molar-refractivity contribution in [3.05, 3.63) is 30.3 Å². The highest BCUT2D eigenvalue weighted by atomic mass is 127. The van der Waals surface area contributed by atoms with E-state index < -0.39 is 0 Å². The second-order valence-electron chi connectivity index (χ2n) is 6.71. The van der Waals surface area contributed by atoms with Gasteiger partial charge in [-0.3, -0.25) is 4.99 Å². The van der Waals surface area contributed by atoms with Gasteiger partial charge in [0.1, 0.15) is 0 Å². The summed E-state index contributed by atoms with van der Waals surface area (Å²) in [7, 11) is 1.92. The van der Waals surface area contributed by atoms with Crippen LogP contribution in [-0.4, -0.2) is 54.8 Å². The molecule has 25 heavy (non-hydrogen) atoms. The Bertz CT molecular complexity index is 521. The first-order valence-corrected chi connectivity index (χ1v) is 11.2. The molecule has 0 aromatic heterocycles. The lowest BCUT2D eigenvalue weighted by molar-refractivity contribution is 0.439. The molecule has 2 aliphatic heterocycles. The van der Waals surface area contributed by atoms with Crippen LogP contribution in [0.4, 0.5) is 0 Å². The van der Waals surface area contributed by atoms with E-state index in [4.69, 9.17) is 0 Å². The molecule has 1 unspecified atom stereocenters. The third kappa shape index (κ3) is 6.86. The molecular formula is C19H30IN3S2. The third-order valence-electron chi connectivity index (χ3n) is 4.92. The van der Waals surface area contributed by atoms with Crippen LogP contribution in [0.2, 0.25) is 0 Å². The van der Waals surface area contributed by atoms with Gasteiger partial charge in [0.25, 0.3) is 0 Å². The quantitative estimate of drug-likeness (QED) is 0.285. The fraction of sp³-hybridized carbons (Fsp3) is 0.632. The van der Waals surface area contributed by atoms with Gasteiger partial charge in [-0.2, -0.15) is 11.8 Å². The van der Waals surface area contributed by atoms with Crippen LogP contribution in [0.5, 0.6) is 0 Å². The molecule has 1 N–H and O–H groups in total. The first-order valence-electron chi connectivity index (χ1n) is 9.06. The largest absolute Gasteiger partial charge is 0.356 e. The molecule has 0 spiro atoms. The van der Waals surface area contributed by atoms with Crippen molar-refractivity contribution < 1.29 is 0 Å². The van der Waals surface area contributed by atoms with Crippen molar-refractivity contribution in [1.82, 2.24) is 10.2 Å². The number of guanidine groups is 1. The summed E-state index contributed by atoms with van der Waals surface area (Å²) < 4.78 is 0. The maximum Gasteiger partial charge on any atom is 0.193 e. The van der Waals surface area contributed by atoms with E-state index in [1.54, 1.807) is 0 Å². The molecule has 6 heteroatoms. The smallest absolute Gasteiger partial charge is 0.193 e. The molecule has 2 saturated heterocycles. The van der Waals surface area contributed by atoms with Crippen molar-refractivity contribution >= 4 is 53.5 Å². The summed E-state index contributed by atoms with van der Waals surface area (Å²) in [5.41, 5.74) is 0. The number of likely N-dealkylation sites (tertiary alicyclic amines) is 1. The molecule has 0 bridgehead atoms. The van der Waals surface area contributed by atoms with Gasteiger partial charge in [-0.15, -0.1) is 35.7 Å². The van der Waals surface area contributed by atoms with Crippen molar-refractivity contribution in [3.8, 4) is 0 Å². The number of aliphatic imine (C=N–C) groups is 1. The minimum absolute atomic E-state index is 0. The monoisotopic (exact) mass is 491 g/mol. The molecule has 3 nitrogen and oxygen atoms in total. The molecule has 0 saturated carbocycles. The van der Waals surface area contributed by atoms with E-state index in [2.05, 4.69) is 57.3 Å². The summed E-state index contributed by atoms with van der Waals surface area (Å²) in [6, 6.07) is 10.8. The topological polar surface area (TPSA) is 27.6 Å². The lowest BCUT2D eigenvalue weighted by Gasteiger charge is -2.26. The molecule has 1 aromatic carbocycles. The third-order valence-corrected chi connectivity index (χ3v) is 7.21. The van der Waals surface area contributed by atoms with Gasteiger partial charge in [0.15, 0.2) is 5.96 Å². The highest BCUT2D eigenvalue weighted by Crippen LogP contribution is 2.26. The van der Waals surface area contributed by atoms with Crippen LogP contribution in [0.3, 0.4) is 0 Å². The van der Waals surface area contributed by atoms with E-state index in [0.29, 0.717) is 0 Å². The molecule has 140 valence electrons. The Balaban J connectivity index is 0.00000225. The Labute approximate surface area is 178 Å². The lowest BCUT2D eigenvalue weighted by atomic mass is 10.0. The van der Waals surface area contributed by atoms with Gasteiger partial charge in [-0.1, -0.05) is 18.2 Å². The minimum atomic E-state index is 0. The summed E-state index contributed by atoms with van der Waals surface area (Å²) in [4.78, 5) is 8.36. The van der Waals surface area contributed by atoms with Crippen LogP contribution in [-0.2, 0) is 0 Å². The fourth-order valence-electron chi connectivity index (χ4n) is 3.41. The molecular weight excluding hydrogens is 461 g/mol. The van der Waals surface area contributed by atoms with Crippen molar-refractivity contribution in [2.75, 3.05) is 43.9 Å². The number of nitrogens with zero attached hydrogens (tertiary/aromatic N) is 2. The van der Waals surface area contributed by atoms with E-state index in [1.165, 1.54) is 41.4 Å².